The Morgan fingerprint density at radius 1 is 1.28 bits per heavy atom. The van der Waals surface area contributed by atoms with Crippen LogP contribution >= 0.6 is 0 Å². The third kappa shape index (κ3) is 7.28. The number of rotatable bonds is 9. The van der Waals surface area contributed by atoms with E-state index in [1.54, 1.807) is 12.2 Å². The second kappa shape index (κ2) is 9.02. The van der Waals surface area contributed by atoms with Crippen molar-refractivity contribution in [1.82, 2.24) is 5.32 Å². The van der Waals surface area contributed by atoms with Crippen molar-refractivity contribution in [3.05, 3.63) is 23.8 Å². The molecule has 0 aliphatic rings. The third-order valence-corrected chi connectivity index (χ3v) is 3.89. The van der Waals surface area contributed by atoms with Crippen molar-refractivity contribution < 1.29 is 35.9 Å². The summed E-state index contributed by atoms with van der Waals surface area (Å²) in [5, 5.41) is 6.83. The Morgan fingerprint density at radius 2 is 1.96 bits per heavy atom. The van der Waals surface area contributed by atoms with Crippen LogP contribution in [0.3, 0.4) is 0 Å². The van der Waals surface area contributed by atoms with Gasteiger partial charge in [-0.2, -0.15) is 13.2 Å². The molecule has 0 unspecified atom stereocenters. The Hall–Kier alpha value is -1.85. The van der Waals surface area contributed by atoms with Gasteiger partial charge in [-0.05, 0) is 31.0 Å². The molecule has 0 fully saturated rings. The molecule has 0 aliphatic carbocycles. The van der Waals surface area contributed by atoms with Crippen LogP contribution in [0.2, 0.25) is 0 Å². The van der Waals surface area contributed by atoms with Crippen LogP contribution in [0.1, 0.15) is 12.5 Å². The van der Waals surface area contributed by atoms with E-state index >= 15 is 0 Å². The molecule has 0 radical (unpaired) electrons. The number of ether oxygens (including phenoxy) is 2. The molecule has 0 saturated carbocycles. The fraction of sp³-hybridized carbons (Fsp3) is 0.500. The van der Waals surface area contributed by atoms with Gasteiger partial charge < -0.3 is 14.8 Å². The van der Waals surface area contributed by atoms with E-state index in [-0.39, 0.29) is 36.8 Å². The minimum Gasteiger partial charge on any atom is -0.490 e. The molecule has 1 amide bonds. The van der Waals surface area contributed by atoms with Crippen LogP contribution in [0.15, 0.2) is 23.1 Å². The lowest BCUT2D eigenvalue weighted by molar-refractivity contribution is -0.173. The lowest BCUT2D eigenvalue weighted by atomic mass is 10.1. The molecule has 7 nitrogen and oxygen atoms in total. The highest BCUT2D eigenvalue weighted by molar-refractivity contribution is 7.89. The summed E-state index contributed by atoms with van der Waals surface area (Å²) < 4.78 is 69.9. The molecule has 1 aromatic rings. The number of amides is 1. The fourth-order valence-corrected chi connectivity index (χ4v) is 2.55. The quantitative estimate of drug-likeness (QED) is 0.617. The summed E-state index contributed by atoms with van der Waals surface area (Å²) in [7, 11) is -4.10. The van der Waals surface area contributed by atoms with Crippen LogP contribution in [-0.2, 0) is 26.0 Å². The molecule has 142 valence electrons. The Kier molecular flexibility index (Phi) is 7.64. The van der Waals surface area contributed by atoms with Gasteiger partial charge in [0.15, 0.2) is 0 Å². The van der Waals surface area contributed by atoms with Gasteiger partial charge in [-0.1, -0.05) is 6.07 Å². The molecule has 0 saturated heterocycles. The van der Waals surface area contributed by atoms with Gasteiger partial charge in [-0.3, -0.25) is 4.79 Å². The molecular weight excluding hydrogens is 365 g/mol. The number of halogens is 3. The highest BCUT2D eigenvalue weighted by Gasteiger charge is 2.38. The highest BCUT2D eigenvalue weighted by Crippen LogP contribution is 2.24. The summed E-state index contributed by atoms with van der Waals surface area (Å²) in [6, 6.07) is 4.03. The molecule has 1 rings (SSSR count). The maximum absolute atomic E-state index is 12.1. The smallest absolute Gasteiger partial charge is 0.471 e. The molecule has 0 atom stereocenters. The van der Waals surface area contributed by atoms with Gasteiger partial charge in [0, 0.05) is 13.2 Å². The van der Waals surface area contributed by atoms with Crippen molar-refractivity contribution in [2.75, 3.05) is 26.4 Å². The summed E-state index contributed by atoms with van der Waals surface area (Å²) in [6.07, 6.45) is -4.98. The number of hydrogen-bond acceptors (Lipinski definition) is 5. The van der Waals surface area contributed by atoms with Crippen LogP contribution in [0.4, 0.5) is 13.2 Å². The van der Waals surface area contributed by atoms with Crippen molar-refractivity contribution in [3.8, 4) is 5.75 Å². The molecule has 25 heavy (non-hydrogen) atoms. The average molecular weight is 384 g/mol. The molecule has 0 bridgehead atoms. The minimum absolute atomic E-state index is 0.0104. The van der Waals surface area contributed by atoms with Crippen molar-refractivity contribution in [2.24, 2.45) is 5.14 Å². The first kappa shape index (κ1) is 21.2. The molecule has 0 aromatic heterocycles. The van der Waals surface area contributed by atoms with E-state index in [0.717, 1.165) is 0 Å². The zero-order chi connectivity index (χ0) is 19.1. The lowest BCUT2D eigenvalue weighted by Gasteiger charge is -2.12. The summed E-state index contributed by atoms with van der Waals surface area (Å²) in [5.74, 6) is -2.04. The second-order valence-electron chi connectivity index (χ2n) is 4.88. The number of carbonyl (C=O) groups excluding carboxylic acids is 1. The first-order valence-corrected chi connectivity index (χ1v) is 8.81. The molecule has 11 heteroatoms. The standard InChI is InChI=1S/C14H19F3N2O5S/c1-2-23-7-8-24-11-4-3-10(9-12(11)25(18,21)22)5-6-19-13(20)14(15,16)17/h3-4,9H,2,5-8H2,1H3,(H,19,20)(H2,18,21,22). The number of primary sulfonamides is 1. The van der Waals surface area contributed by atoms with E-state index in [2.05, 4.69) is 0 Å². The molecule has 0 aliphatic heterocycles. The van der Waals surface area contributed by atoms with E-state index in [0.29, 0.717) is 12.2 Å². The average Bonchev–Trinajstić information content (AvgIpc) is 2.50. The van der Waals surface area contributed by atoms with Crippen molar-refractivity contribution in [3.63, 3.8) is 0 Å². The summed E-state index contributed by atoms with van der Waals surface area (Å²) in [4.78, 5) is 10.4. The molecule has 1 aromatic carbocycles. The van der Waals surface area contributed by atoms with Crippen molar-refractivity contribution in [2.45, 2.75) is 24.4 Å². The third-order valence-electron chi connectivity index (χ3n) is 2.96. The van der Waals surface area contributed by atoms with Crippen LogP contribution in [0.5, 0.6) is 5.75 Å². The number of sulfonamides is 1. The van der Waals surface area contributed by atoms with Crippen LogP contribution in [0.25, 0.3) is 0 Å². The monoisotopic (exact) mass is 384 g/mol. The zero-order valence-electron chi connectivity index (χ0n) is 13.4. The van der Waals surface area contributed by atoms with Gasteiger partial charge in [-0.15, -0.1) is 0 Å². The van der Waals surface area contributed by atoms with E-state index < -0.39 is 22.1 Å². The fourth-order valence-electron chi connectivity index (χ4n) is 1.83. The van der Waals surface area contributed by atoms with Crippen LogP contribution in [0, 0.1) is 0 Å². The molecule has 0 heterocycles. The maximum atomic E-state index is 12.1. The topological polar surface area (TPSA) is 108 Å². The number of hydrogen-bond donors (Lipinski definition) is 2. The number of nitrogens with two attached hydrogens (primary N) is 1. The second-order valence-corrected chi connectivity index (χ2v) is 6.40. The Labute approximate surface area is 143 Å². The van der Waals surface area contributed by atoms with Gasteiger partial charge in [0.2, 0.25) is 10.0 Å². The SMILES string of the molecule is CCOCCOc1ccc(CCNC(=O)C(F)(F)F)cc1S(N)(=O)=O. The first-order chi connectivity index (χ1) is 11.6. The van der Waals surface area contributed by atoms with Crippen molar-refractivity contribution >= 4 is 15.9 Å². The number of nitrogens with one attached hydrogen (secondary N) is 1. The lowest BCUT2D eigenvalue weighted by Crippen LogP contribution is -2.37. The number of benzene rings is 1. The van der Waals surface area contributed by atoms with Gasteiger partial charge in [-0.25, -0.2) is 13.6 Å². The summed E-state index contributed by atoms with van der Waals surface area (Å²) >= 11 is 0. The van der Waals surface area contributed by atoms with Crippen LogP contribution in [-0.4, -0.2) is 46.9 Å². The normalized spacial score (nSPS) is 12.0. The van der Waals surface area contributed by atoms with Gasteiger partial charge >= 0.3 is 12.1 Å². The first-order valence-electron chi connectivity index (χ1n) is 7.27. The molecule has 0 spiro atoms. The summed E-state index contributed by atoms with van der Waals surface area (Å²) in [6.45, 7) is 2.33. The van der Waals surface area contributed by atoms with Gasteiger partial charge in [0.25, 0.3) is 0 Å². The van der Waals surface area contributed by atoms with Gasteiger partial charge in [0.1, 0.15) is 17.3 Å². The largest absolute Gasteiger partial charge is 0.490 e. The van der Waals surface area contributed by atoms with E-state index in [4.69, 9.17) is 14.6 Å². The van der Waals surface area contributed by atoms with Crippen LogP contribution < -0.4 is 15.2 Å². The summed E-state index contributed by atoms with van der Waals surface area (Å²) in [5.41, 5.74) is 0.378. The predicted octanol–water partition coefficient (Wildman–Crippen LogP) is 0.970. The molecule has 3 N–H and O–H groups in total. The number of alkyl halides is 3. The minimum atomic E-state index is -4.97. The maximum Gasteiger partial charge on any atom is 0.471 e. The predicted molar refractivity (Wildman–Crippen MR) is 82.6 cm³/mol. The van der Waals surface area contributed by atoms with E-state index in [1.165, 1.54) is 18.2 Å². The Bertz CT molecular complexity index is 692. The highest BCUT2D eigenvalue weighted by atomic mass is 32.2. The Balaban J connectivity index is 2.78. The van der Waals surface area contributed by atoms with E-state index in [1.807, 2.05) is 0 Å². The van der Waals surface area contributed by atoms with Crippen molar-refractivity contribution in [1.29, 1.82) is 0 Å². The van der Waals surface area contributed by atoms with E-state index in [9.17, 15) is 26.4 Å². The molecular formula is C14H19F3N2O5S. The zero-order valence-corrected chi connectivity index (χ0v) is 14.2. The Morgan fingerprint density at radius 3 is 2.52 bits per heavy atom. The number of carbonyl (C=O) groups is 1. The van der Waals surface area contributed by atoms with Gasteiger partial charge in [0.05, 0.1) is 6.61 Å².